The van der Waals surface area contributed by atoms with E-state index < -0.39 is 0 Å². The Morgan fingerprint density at radius 1 is 1.04 bits per heavy atom. The first-order valence-corrected chi connectivity index (χ1v) is 9.89. The summed E-state index contributed by atoms with van der Waals surface area (Å²) in [6, 6.07) is 9.92. The molecule has 0 unspecified atom stereocenters. The van der Waals surface area contributed by atoms with Gasteiger partial charge in [0.2, 0.25) is 0 Å². The van der Waals surface area contributed by atoms with E-state index in [-0.39, 0.29) is 11.0 Å². The van der Waals surface area contributed by atoms with Crippen LogP contribution in [0.15, 0.2) is 53.8 Å². The number of nitrogens with zero attached hydrogens (tertiary/aromatic N) is 4. The number of aromatic amines is 1. The molecule has 1 fully saturated rings. The highest BCUT2D eigenvalue weighted by molar-refractivity contribution is 5.55. The fourth-order valence-corrected chi connectivity index (χ4v) is 4.68. The third kappa shape index (κ3) is 3.03. The van der Waals surface area contributed by atoms with Crippen molar-refractivity contribution in [3.05, 3.63) is 76.2 Å². The Balaban J connectivity index is 1.40. The second kappa shape index (κ2) is 6.95. The number of piperidine rings is 1. The molecule has 3 heterocycles. The van der Waals surface area contributed by atoms with Gasteiger partial charge in [0, 0.05) is 41.0 Å². The molecule has 0 radical (unpaired) electrons. The van der Waals surface area contributed by atoms with Crippen LogP contribution in [0.2, 0.25) is 0 Å². The van der Waals surface area contributed by atoms with E-state index in [9.17, 15) is 4.79 Å². The van der Waals surface area contributed by atoms with Crippen LogP contribution in [0.5, 0.6) is 0 Å². The van der Waals surface area contributed by atoms with Crippen molar-refractivity contribution in [2.75, 3.05) is 13.1 Å². The van der Waals surface area contributed by atoms with E-state index in [0.29, 0.717) is 5.82 Å². The molecule has 1 aliphatic carbocycles. The highest BCUT2D eigenvalue weighted by atomic mass is 16.1. The summed E-state index contributed by atoms with van der Waals surface area (Å²) < 4.78 is 0. The summed E-state index contributed by atoms with van der Waals surface area (Å²) in [6.45, 7) is 2.88. The predicted octanol–water partition coefficient (Wildman–Crippen LogP) is 2.71. The minimum atomic E-state index is 0.0320. The third-order valence-electron chi connectivity index (χ3n) is 6.25. The molecule has 28 heavy (non-hydrogen) atoms. The Morgan fingerprint density at radius 3 is 2.54 bits per heavy atom. The molecule has 6 nitrogen and oxygen atoms in total. The van der Waals surface area contributed by atoms with Gasteiger partial charge in [0.05, 0.1) is 5.69 Å². The van der Waals surface area contributed by atoms with Crippen LogP contribution in [0.1, 0.15) is 36.1 Å². The summed E-state index contributed by atoms with van der Waals surface area (Å²) in [4.78, 5) is 31.4. The molecule has 0 bridgehead atoms. The lowest BCUT2D eigenvalue weighted by molar-refractivity contribution is 0.150. The van der Waals surface area contributed by atoms with Crippen molar-refractivity contribution in [1.29, 1.82) is 0 Å². The largest absolute Gasteiger partial charge is 0.306 e. The van der Waals surface area contributed by atoms with E-state index in [4.69, 9.17) is 4.98 Å². The van der Waals surface area contributed by atoms with Crippen molar-refractivity contribution in [2.24, 2.45) is 0 Å². The maximum atomic E-state index is 12.7. The Hall–Kier alpha value is -2.86. The highest BCUT2D eigenvalue weighted by Gasteiger charge is 2.43. The average Bonchev–Trinajstić information content (AvgIpc) is 3.10. The number of hydrogen-bond acceptors (Lipinski definition) is 5. The molecule has 142 valence electrons. The summed E-state index contributed by atoms with van der Waals surface area (Å²) in [5, 5.41) is 0. The fourth-order valence-electron chi connectivity index (χ4n) is 4.68. The van der Waals surface area contributed by atoms with Gasteiger partial charge in [-0.25, -0.2) is 15.0 Å². The van der Waals surface area contributed by atoms with Crippen LogP contribution >= 0.6 is 0 Å². The van der Waals surface area contributed by atoms with Gasteiger partial charge in [0.25, 0.3) is 5.56 Å². The molecule has 6 heteroatoms. The van der Waals surface area contributed by atoms with E-state index in [0.717, 1.165) is 67.7 Å². The van der Waals surface area contributed by atoms with Crippen LogP contribution < -0.4 is 5.56 Å². The predicted molar refractivity (Wildman–Crippen MR) is 107 cm³/mol. The van der Waals surface area contributed by atoms with Gasteiger partial charge in [-0.2, -0.15) is 0 Å². The van der Waals surface area contributed by atoms with Crippen LogP contribution in [-0.4, -0.2) is 37.9 Å². The minimum Gasteiger partial charge on any atom is -0.306 e. The molecule has 1 spiro atoms. The second-order valence-corrected chi connectivity index (χ2v) is 7.91. The van der Waals surface area contributed by atoms with E-state index in [1.54, 1.807) is 6.33 Å². The first kappa shape index (κ1) is 17.3. The SMILES string of the molecule is O=c1[nH]c(-c2ccccc2)nc2c1CCC21CCN(Cc2cncnc2)CC1. The van der Waals surface area contributed by atoms with Crippen LogP contribution in [0, 0.1) is 0 Å². The lowest BCUT2D eigenvalue weighted by atomic mass is 9.76. The van der Waals surface area contributed by atoms with E-state index in [2.05, 4.69) is 19.9 Å². The number of benzene rings is 1. The fraction of sp³-hybridized carbons (Fsp3) is 0.364. The molecule has 1 aromatic carbocycles. The quantitative estimate of drug-likeness (QED) is 0.764. The Bertz CT molecular complexity index is 1020. The standard InChI is InChI=1S/C22H23N5O/c28-21-18-6-7-22(19(18)25-20(26-21)17-4-2-1-3-5-17)8-10-27(11-9-22)14-16-12-23-15-24-13-16/h1-5,12-13,15H,6-11,14H2,(H,25,26,28). The molecule has 3 aromatic rings. The van der Waals surface area contributed by atoms with Crippen molar-refractivity contribution in [3.63, 3.8) is 0 Å². The number of hydrogen-bond donors (Lipinski definition) is 1. The van der Waals surface area contributed by atoms with Crippen molar-refractivity contribution in [2.45, 2.75) is 37.6 Å². The summed E-state index contributed by atoms with van der Waals surface area (Å²) in [5.41, 5.74) is 4.11. The Morgan fingerprint density at radius 2 is 1.79 bits per heavy atom. The summed E-state index contributed by atoms with van der Waals surface area (Å²) in [6.07, 6.45) is 9.28. The number of H-pyrrole nitrogens is 1. The molecule has 0 atom stereocenters. The summed E-state index contributed by atoms with van der Waals surface area (Å²) >= 11 is 0. The molecular weight excluding hydrogens is 350 g/mol. The molecule has 2 aromatic heterocycles. The van der Waals surface area contributed by atoms with Gasteiger partial charge < -0.3 is 4.98 Å². The molecule has 1 saturated heterocycles. The zero-order valence-electron chi connectivity index (χ0n) is 15.8. The van der Waals surface area contributed by atoms with E-state index in [1.807, 2.05) is 42.7 Å². The first-order chi connectivity index (χ1) is 13.7. The minimum absolute atomic E-state index is 0.0320. The van der Waals surface area contributed by atoms with Gasteiger partial charge >= 0.3 is 0 Å². The molecule has 1 N–H and O–H groups in total. The van der Waals surface area contributed by atoms with Gasteiger partial charge in [-0.05, 0) is 38.8 Å². The molecule has 5 rings (SSSR count). The van der Waals surface area contributed by atoms with Crippen LogP contribution in [-0.2, 0) is 18.4 Å². The van der Waals surface area contributed by atoms with Gasteiger partial charge in [-0.3, -0.25) is 9.69 Å². The number of fused-ring (bicyclic) bond motifs is 2. The van der Waals surface area contributed by atoms with Crippen LogP contribution in [0.3, 0.4) is 0 Å². The highest BCUT2D eigenvalue weighted by Crippen LogP contribution is 2.44. The summed E-state index contributed by atoms with van der Waals surface area (Å²) in [5.74, 6) is 0.689. The number of aromatic nitrogens is 4. The molecule has 2 aliphatic rings. The average molecular weight is 373 g/mol. The first-order valence-electron chi connectivity index (χ1n) is 9.89. The molecule has 1 aliphatic heterocycles. The molecular formula is C22H23N5O. The zero-order valence-corrected chi connectivity index (χ0v) is 15.8. The van der Waals surface area contributed by atoms with E-state index >= 15 is 0 Å². The Labute approximate surface area is 163 Å². The maximum absolute atomic E-state index is 12.7. The number of nitrogens with one attached hydrogen (secondary N) is 1. The molecule has 0 saturated carbocycles. The lowest BCUT2D eigenvalue weighted by Gasteiger charge is -2.39. The zero-order chi connectivity index (χ0) is 19.0. The summed E-state index contributed by atoms with van der Waals surface area (Å²) in [7, 11) is 0. The number of likely N-dealkylation sites (tertiary alicyclic amines) is 1. The molecule has 0 amide bonds. The monoisotopic (exact) mass is 373 g/mol. The number of rotatable bonds is 3. The normalized spacial score (nSPS) is 18.3. The van der Waals surface area contributed by atoms with Gasteiger partial charge in [0.1, 0.15) is 12.2 Å². The topological polar surface area (TPSA) is 74.8 Å². The van der Waals surface area contributed by atoms with Crippen molar-refractivity contribution in [3.8, 4) is 11.4 Å². The van der Waals surface area contributed by atoms with Crippen molar-refractivity contribution >= 4 is 0 Å². The smallest absolute Gasteiger partial charge is 0.254 e. The second-order valence-electron chi connectivity index (χ2n) is 7.91. The van der Waals surface area contributed by atoms with Crippen molar-refractivity contribution in [1.82, 2.24) is 24.8 Å². The maximum Gasteiger partial charge on any atom is 0.254 e. The lowest BCUT2D eigenvalue weighted by Crippen LogP contribution is -2.41. The van der Waals surface area contributed by atoms with Gasteiger partial charge in [-0.1, -0.05) is 30.3 Å². The van der Waals surface area contributed by atoms with E-state index in [1.165, 1.54) is 0 Å². The van der Waals surface area contributed by atoms with Gasteiger partial charge in [-0.15, -0.1) is 0 Å². The van der Waals surface area contributed by atoms with Crippen LogP contribution in [0.25, 0.3) is 11.4 Å². The Kier molecular flexibility index (Phi) is 4.28. The van der Waals surface area contributed by atoms with Crippen molar-refractivity contribution < 1.29 is 0 Å². The van der Waals surface area contributed by atoms with Gasteiger partial charge in [0.15, 0.2) is 0 Å². The third-order valence-corrected chi connectivity index (χ3v) is 6.25. The van der Waals surface area contributed by atoms with Crippen LogP contribution in [0.4, 0.5) is 0 Å².